The Morgan fingerprint density at radius 1 is 0.875 bits per heavy atom. The summed E-state index contributed by atoms with van der Waals surface area (Å²) in [5.41, 5.74) is 4.12. The van der Waals surface area contributed by atoms with Gasteiger partial charge >= 0.3 is 0 Å². The predicted molar refractivity (Wildman–Crippen MR) is 132 cm³/mol. The van der Waals surface area contributed by atoms with Crippen molar-refractivity contribution in [1.29, 1.82) is 0 Å². The maximum absolute atomic E-state index is 13.3. The van der Waals surface area contributed by atoms with E-state index in [1.165, 1.54) is 16.7 Å². The van der Waals surface area contributed by atoms with Gasteiger partial charge in [-0.25, -0.2) is 4.39 Å². The molecule has 0 bridgehead atoms. The van der Waals surface area contributed by atoms with Crippen LogP contribution in [0.4, 0.5) is 4.39 Å². The van der Waals surface area contributed by atoms with Crippen molar-refractivity contribution in [3.63, 3.8) is 0 Å². The number of hydrogen-bond donors (Lipinski definition) is 0. The molecular weight excluding hydrogens is 439 g/mol. The number of piperidine rings is 1. The lowest BCUT2D eigenvalue weighted by Gasteiger charge is -2.34. The summed E-state index contributed by atoms with van der Waals surface area (Å²) in [6, 6.07) is 17.7. The van der Waals surface area contributed by atoms with E-state index >= 15 is 0 Å². The fourth-order valence-corrected chi connectivity index (χ4v) is 6.35. The minimum atomic E-state index is -0.143. The first-order valence-corrected chi connectivity index (χ1v) is 12.9. The standard InChI is InChI=1S/C27H30ClFN2S/c28-25-5-1-20(2-6-25)15-31-17-24(27(18-31)23-11-14-32-19-23)16-30-12-9-22(10-13-30)21-3-7-26(29)8-4-21/h1-8,11,14,19,22,24,27H,9-10,12-13,15-18H2/t24-,27+/m0/s1. The van der Waals surface area contributed by atoms with Gasteiger partial charge in [0.25, 0.3) is 0 Å². The number of hydrogen-bond acceptors (Lipinski definition) is 3. The molecule has 2 fully saturated rings. The van der Waals surface area contributed by atoms with Crippen LogP contribution in [-0.2, 0) is 6.54 Å². The molecule has 0 N–H and O–H groups in total. The van der Waals surface area contributed by atoms with E-state index in [4.69, 9.17) is 11.6 Å². The minimum Gasteiger partial charge on any atom is -0.303 e. The number of nitrogens with zero attached hydrogens (tertiary/aromatic N) is 2. The molecule has 3 heterocycles. The molecule has 5 rings (SSSR count). The topological polar surface area (TPSA) is 6.48 Å². The first-order valence-electron chi connectivity index (χ1n) is 11.6. The summed E-state index contributed by atoms with van der Waals surface area (Å²) in [6.45, 7) is 6.67. The number of rotatable bonds is 6. The molecule has 5 heteroatoms. The lowest BCUT2D eigenvalue weighted by atomic mass is 9.87. The second-order valence-electron chi connectivity index (χ2n) is 9.37. The van der Waals surface area contributed by atoms with Crippen LogP contribution >= 0.6 is 22.9 Å². The Hall–Kier alpha value is -1.72. The normalized spacial score (nSPS) is 23.1. The molecule has 2 nitrogen and oxygen atoms in total. The van der Waals surface area contributed by atoms with E-state index in [-0.39, 0.29) is 5.82 Å². The zero-order valence-electron chi connectivity index (χ0n) is 18.3. The molecule has 0 aliphatic carbocycles. The highest BCUT2D eigenvalue weighted by atomic mass is 35.5. The number of likely N-dealkylation sites (tertiary alicyclic amines) is 2. The SMILES string of the molecule is Fc1ccc(C2CCN(C[C@H]3CN(Cc4ccc(Cl)cc4)C[C@@H]3c3ccsc3)CC2)cc1. The summed E-state index contributed by atoms with van der Waals surface area (Å²) in [5.74, 6) is 1.67. The van der Waals surface area contributed by atoms with Crippen LogP contribution in [-0.4, -0.2) is 42.5 Å². The lowest BCUT2D eigenvalue weighted by Crippen LogP contribution is -2.38. The molecule has 2 atom stereocenters. The molecular formula is C27H30ClFN2S. The summed E-state index contributed by atoms with van der Waals surface area (Å²) in [6.07, 6.45) is 2.33. The Balaban J connectivity index is 1.21. The van der Waals surface area contributed by atoms with Crippen molar-refractivity contribution in [1.82, 2.24) is 9.80 Å². The molecule has 2 aliphatic heterocycles. The van der Waals surface area contributed by atoms with Crippen LogP contribution in [0, 0.1) is 11.7 Å². The quantitative estimate of drug-likeness (QED) is 0.400. The van der Waals surface area contributed by atoms with E-state index in [2.05, 4.69) is 38.8 Å². The van der Waals surface area contributed by atoms with Gasteiger partial charge in [-0.15, -0.1) is 0 Å². The molecule has 0 unspecified atom stereocenters. The van der Waals surface area contributed by atoms with Crippen molar-refractivity contribution in [2.75, 3.05) is 32.7 Å². The van der Waals surface area contributed by atoms with Crippen molar-refractivity contribution in [2.45, 2.75) is 31.2 Å². The maximum Gasteiger partial charge on any atom is 0.123 e. The third kappa shape index (κ3) is 5.26. The second-order valence-corrected chi connectivity index (χ2v) is 10.6. The number of thiophene rings is 1. The van der Waals surface area contributed by atoms with Gasteiger partial charge in [-0.1, -0.05) is 35.9 Å². The largest absolute Gasteiger partial charge is 0.303 e. The van der Waals surface area contributed by atoms with Crippen molar-refractivity contribution >= 4 is 22.9 Å². The summed E-state index contributed by atoms with van der Waals surface area (Å²) < 4.78 is 13.3. The zero-order chi connectivity index (χ0) is 21.9. The van der Waals surface area contributed by atoms with E-state index in [1.807, 2.05) is 24.3 Å². The fourth-order valence-electron chi connectivity index (χ4n) is 5.50. The molecule has 2 saturated heterocycles. The number of benzene rings is 2. The van der Waals surface area contributed by atoms with Gasteiger partial charge in [0.1, 0.15) is 5.82 Å². The minimum absolute atomic E-state index is 0.143. The average molecular weight is 469 g/mol. The zero-order valence-corrected chi connectivity index (χ0v) is 19.9. The van der Waals surface area contributed by atoms with E-state index < -0.39 is 0 Å². The summed E-state index contributed by atoms with van der Waals surface area (Å²) in [5, 5.41) is 5.35. The highest BCUT2D eigenvalue weighted by Crippen LogP contribution is 2.36. The smallest absolute Gasteiger partial charge is 0.123 e. The molecule has 2 aromatic carbocycles. The fraction of sp³-hybridized carbons (Fsp3) is 0.407. The third-order valence-corrected chi connectivity index (χ3v) is 8.18. The second kappa shape index (κ2) is 10.0. The van der Waals surface area contributed by atoms with Gasteiger partial charge in [-0.05, 0) is 95.5 Å². The van der Waals surface area contributed by atoms with Crippen LogP contribution in [0.2, 0.25) is 5.02 Å². The first kappa shape index (κ1) is 22.1. The van der Waals surface area contributed by atoms with Gasteiger partial charge in [0.2, 0.25) is 0 Å². The van der Waals surface area contributed by atoms with Crippen molar-refractivity contribution in [3.8, 4) is 0 Å². The molecule has 2 aliphatic rings. The van der Waals surface area contributed by atoms with Crippen LogP contribution in [0.3, 0.4) is 0 Å². The highest BCUT2D eigenvalue weighted by Gasteiger charge is 2.35. The number of halogens is 2. The lowest BCUT2D eigenvalue weighted by molar-refractivity contribution is 0.177. The van der Waals surface area contributed by atoms with Crippen molar-refractivity contribution in [3.05, 3.63) is 92.9 Å². The Morgan fingerprint density at radius 2 is 1.62 bits per heavy atom. The molecule has 3 aromatic rings. The molecule has 0 saturated carbocycles. The molecule has 1 aromatic heterocycles. The molecule has 0 amide bonds. The van der Waals surface area contributed by atoms with Crippen molar-refractivity contribution in [2.24, 2.45) is 5.92 Å². The van der Waals surface area contributed by atoms with E-state index in [0.717, 1.165) is 57.1 Å². The van der Waals surface area contributed by atoms with Gasteiger partial charge in [0.05, 0.1) is 0 Å². The molecule has 32 heavy (non-hydrogen) atoms. The first-order chi connectivity index (χ1) is 15.6. The summed E-state index contributed by atoms with van der Waals surface area (Å²) >= 11 is 7.88. The van der Waals surface area contributed by atoms with Crippen LogP contribution in [0.5, 0.6) is 0 Å². The van der Waals surface area contributed by atoms with Gasteiger partial charge < -0.3 is 4.90 Å². The molecule has 0 spiro atoms. The Morgan fingerprint density at radius 3 is 2.31 bits per heavy atom. The van der Waals surface area contributed by atoms with Crippen molar-refractivity contribution < 1.29 is 4.39 Å². The van der Waals surface area contributed by atoms with Gasteiger partial charge in [-0.2, -0.15) is 11.3 Å². The van der Waals surface area contributed by atoms with Crippen LogP contribution in [0.1, 0.15) is 41.4 Å². The predicted octanol–water partition coefficient (Wildman–Crippen LogP) is 6.64. The Labute approximate surface area is 199 Å². The Kier molecular flexibility index (Phi) is 6.94. The van der Waals surface area contributed by atoms with Crippen LogP contribution in [0.15, 0.2) is 65.4 Å². The summed E-state index contributed by atoms with van der Waals surface area (Å²) in [4.78, 5) is 5.28. The van der Waals surface area contributed by atoms with Crippen LogP contribution in [0.25, 0.3) is 0 Å². The monoisotopic (exact) mass is 468 g/mol. The van der Waals surface area contributed by atoms with Gasteiger partial charge in [-0.3, -0.25) is 4.90 Å². The molecule has 0 radical (unpaired) electrons. The van der Waals surface area contributed by atoms with Crippen LogP contribution < -0.4 is 0 Å². The summed E-state index contributed by atoms with van der Waals surface area (Å²) in [7, 11) is 0. The Bertz CT molecular complexity index is 982. The van der Waals surface area contributed by atoms with Gasteiger partial charge in [0, 0.05) is 37.1 Å². The van der Waals surface area contributed by atoms with E-state index in [9.17, 15) is 4.39 Å². The molecule has 168 valence electrons. The maximum atomic E-state index is 13.3. The van der Waals surface area contributed by atoms with E-state index in [0.29, 0.717) is 17.8 Å². The van der Waals surface area contributed by atoms with E-state index in [1.54, 1.807) is 23.5 Å². The highest BCUT2D eigenvalue weighted by molar-refractivity contribution is 7.08. The third-order valence-electron chi connectivity index (χ3n) is 7.23. The average Bonchev–Trinajstić information content (AvgIpc) is 3.47. The van der Waals surface area contributed by atoms with Gasteiger partial charge in [0.15, 0.2) is 0 Å².